The van der Waals surface area contributed by atoms with Gasteiger partial charge in [0, 0.05) is 10.6 Å². The summed E-state index contributed by atoms with van der Waals surface area (Å²) in [6, 6.07) is 7.34. The Hall–Kier alpha value is -0.540. The van der Waals surface area contributed by atoms with Gasteiger partial charge < -0.3 is 0 Å². The summed E-state index contributed by atoms with van der Waals surface area (Å²) in [5.74, 6) is 2.01. The van der Waals surface area contributed by atoms with Crippen molar-refractivity contribution in [2.75, 3.05) is 5.75 Å². The van der Waals surface area contributed by atoms with Crippen molar-refractivity contribution < 1.29 is 4.39 Å². The van der Waals surface area contributed by atoms with Crippen LogP contribution in [0.25, 0.3) is 10.1 Å². The molecule has 0 N–H and O–H groups in total. The van der Waals surface area contributed by atoms with Crippen molar-refractivity contribution in [2.24, 2.45) is 0 Å². The Kier molecular flexibility index (Phi) is 3.08. The van der Waals surface area contributed by atoms with E-state index in [1.54, 1.807) is 17.4 Å². The Balaban J connectivity index is 2.36. The van der Waals surface area contributed by atoms with Crippen molar-refractivity contribution in [1.29, 1.82) is 0 Å². The third-order valence-corrected chi connectivity index (χ3v) is 4.26. The van der Waals surface area contributed by atoms with Gasteiger partial charge in [0.1, 0.15) is 5.82 Å². The van der Waals surface area contributed by atoms with Crippen LogP contribution in [-0.2, 0) is 5.75 Å². The van der Waals surface area contributed by atoms with Gasteiger partial charge in [0.25, 0.3) is 0 Å². The van der Waals surface area contributed by atoms with E-state index in [1.807, 2.05) is 17.8 Å². The summed E-state index contributed by atoms with van der Waals surface area (Å²) in [6.45, 7) is 2.14. The first-order valence-electron chi connectivity index (χ1n) is 4.56. The van der Waals surface area contributed by atoms with Gasteiger partial charge in [-0.15, -0.1) is 11.3 Å². The fourth-order valence-corrected chi connectivity index (χ4v) is 3.19. The minimum Gasteiger partial charge on any atom is -0.205 e. The van der Waals surface area contributed by atoms with Crippen molar-refractivity contribution in [1.82, 2.24) is 0 Å². The van der Waals surface area contributed by atoms with Crippen molar-refractivity contribution in [3.05, 3.63) is 35.0 Å². The van der Waals surface area contributed by atoms with Crippen molar-refractivity contribution >= 4 is 33.2 Å². The number of hydrogen-bond donors (Lipinski definition) is 0. The van der Waals surface area contributed by atoms with Gasteiger partial charge >= 0.3 is 0 Å². The summed E-state index contributed by atoms with van der Waals surface area (Å²) in [7, 11) is 0. The van der Waals surface area contributed by atoms with Crippen LogP contribution in [0.2, 0.25) is 0 Å². The molecule has 0 radical (unpaired) electrons. The van der Waals surface area contributed by atoms with E-state index in [9.17, 15) is 4.39 Å². The number of rotatable bonds is 3. The Morgan fingerprint density at radius 1 is 1.43 bits per heavy atom. The summed E-state index contributed by atoms with van der Waals surface area (Å²) in [4.78, 5) is 1.26. The van der Waals surface area contributed by atoms with Crippen LogP contribution >= 0.6 is 23.1 Å². The van der Waals surface area contributed by atoms with E-state index in [1.165, 1.54) is 10.9 Å². The van der Waals surface area contributed by atoms with Crippen LogP contribution in [0.3, 0.4) is 0 Å². The van der Waals surface area contributed by atoms with E-state index in [2.05, 4.69) is 13.0 Å². The Morgan fingerprint density at radius 3 is 3.00 bits per heavy atom. The number of benzene rings is 1. The van der Waals surface area contributed by atoms with Crippen molar-refractivity contribution in [3.63, 3.8) is 0 Å². The van der Waals surface area contributed by atoms with E-state index in [4.69, 9.17) is 0 Å². The molecule has 0 saturated heterocycles. The average Bonchev–Trinajstić information content (AvgIpc) is 2.59. The Labute approximate surface area is 91.1 Å². The summed E-state index contributed by atoms with van der Waals surface area (Å²) in [5, 5.41) is 1.03. The lowest BCUT2D eigenvalue weighted by Gasteiger charge is -1.91. The zero-order valence-electron chi connectivity index (χ0n) is 7.92. The summed E-state index contributed by atoms with van der Waals surface area (Å²) in [5.41, 5.74) is 0. The van der Waals surface area contributed by atoms with Crippen molar-refractivity contribution in [3.8, 4) is 0 Å². The fourth-order valence-electron chi connectivity index (χ4n) is 1.35. The maximum atomic E-state index is 13.3. The first-order valence-corrected chi connectivity index (χ1v) is 6.53. The minimum absolute atomic E-state index is 0.0970. The monoisotopic (exact) mass is 226 g/mol. The molecular formula is C11H11FS2. The molecule has 1 aromatic heterocycles. The Bertz CT molecular complexity index is 434. The average molecular weight is 226 g/mol. The molecule has 0 unspecified atom stereocenters. The van der Waals surface area contributed by atoms with Crippen LogP contribution in [-0.4, -0.2) is 5.75 Å². The third-order valence-electron chi connectivity index (χ3n) is 2.00. The largest absolute Gasteiger partial charge is 0.205 e. The van der Waals surface area contributed by atoms with Gasteiger partial charge in [0.2, 0.25) is 0 Å². The van der Waals surface area contributed by atoms with Gasteiger partial charge in [0.15, 0.2) is 0 Å². The molecule has 1 aromatic carbocycles. The Morgan fingerprint density at radius 2 is 2.29 bits per heavy atom. The molecule has 0 nitrogen and oxygen atoms in total. The smallest absolute Gasteiger partial charge is 0.140 e. The molecule has 0 atom stereocenters. The number of hydrogen-bond acceptors (Lipinski definition) is 2. The lowest BCUT2D eigenvalue weighted by Crippen LogP contribution is -1.71. The van der Waals surface area contributed by atoms with Gasteiger partial charge in [-0.25, -0.2) is 4.39 Å². The highest BCUT2D eigenvalue weighted by Gasteiger charge is 2.05. The SMILES string of the molecule is CCSCc1cc2cccc(F)c2s1. The van der Waals surface area contributed by atoms with Crippen LogP contribution in [0.15, 0.2) is 24.3 Å². The quantitative estimate of drug-likeness (QED) is 0.752. The third kappa shape index (κ3) is 1.93. The zero-order chi connectivity index (χ0) is 9.97. The molecule has 0 aliphatic carbocycles. The van der Waals surface area contributed by atoms with Crippen LogP contribution in [0.1, 0.15) is 11.8 Å². The summed E-state index contributed by atoms with van der Waals surface area (Å²) < 4.78 is 14.1. The van der Waals surface area contributed by atoms with E-state index in [-0.39, 0.29) is 5.82 Å². The number of fused-ring (bicyclic) bond motifs is 1. The predicted molar refractivity (Wildman–Crippen MR) is 63.6 cm³/mol. The molecule has 0 saturated carbocycles. The molecule has 2 rings (SSSR count). The molecule has 0 spiro atoms. The molecule has 0 aliphatic rings. The molecule has 74 valence electrons. The second kappa shape index (κ2) is 4.32. The molecule has 0 aliphatic heterocycles. The lowest BCUT2D eigenvalue weighted by molar-refractivity contribution is 0.642. The van der Waals surface area contributed by atoms with E-state index in [0.717, 1.165) is 21.6 Å². The first kappa shape index (κ1) is 9.99. The van der Waals surface area contributed by atoms with Gasteiger partial charge in [-0.05, 0) is 23.3 Å². The molecule has 1 heterocycles. The molecule has 0 fully saturated rings. The van der Waals surface area contributed by atoms with Gasteiger partial charge in [0.05, 0.1) is 4.70 Å². The van der Waals surface area contributed by atoms with Crippen LogP contribution in [0.4, 0.5) is 4.39 Å². The number of thioether (sulfide) groups is 1. The molecule has 14 heavy (non-hydrogen) atoms. The van der Waals surface area contributed by atoms with Crippen LogP contribution in [0, 0.1) is 5.82 Å². The molecule has 0 amide bonds. The second-order valence-electron chi connectivity index (χ2n) is 3.01. The lowest BCUT2D eigenvalue weighted by atomic mass is 10.2. The summed E-state index contributed by atoms with van der Waals surface area (Å²) in [6.07, 6.45) is 0. The standard InChI is InChI=1S/C11H11FS2/c1-2-13-7-9-6-8-4-3-5-10(12)11(8)14-9/h3-6H,2,7H2,1H3. The van der Waals surface area contributed by atoms with Crippen LogP contribution in [0.5, 0.6) is 0 Å². The number of halogens is 1. The second-order valence-corrected chi connectivity index (χ2v) is 5.42. The highest BCUT2D eigenvalue weighted by molar-refractivity contribution is 7.98. The number of thiophene rings is 1. The fraction of sp³-hybridized carbons (Fsp3) is 0.273. The van der Waals surface area contributed by atoms with E-state index in [0.29, 0.717) is 0 Å². The maximum absolute atomic E-state index is 13.3. The molecule has 3 heteroatoms. The molecule has 0 bridgehead atoms. The topological polar surface area (TPSA) is 0 Å². The molecule has 2 aromatic rings. The maximum Gasteiger partial charge on any atom is 0.140 e. The normalized spacial score (nSPS) is 11.0. The zero-order valence-corrected chi connectivity index (χ0v) is 9.55. The van der Waals surface area contributed by atoms with Gasteiger partial charge in [-0.2, -0.15) is 11.8 Å². The highest BCUT2D eigenvalue weighted by atomic mass is 32.2. The predicted octanol–water partition coefficient (Wildman–Crippen LogP) is 4.29. The van der Waals surface area contributed by atoms with E-state index < -0.39 is 0 Å². The minimum atomic E-state index is -0.0970. The van der Waals surface area contributed by atoms with E-state index >= 15 is 0 Å². The molecular weight excluding hydrogens is 215 g/mol. The first-order chi connectivity index (χ1) is 6.81. The summed E-state index contributed by atoms with van der Waals surface area (Å²) >= 11 is 3.44. The van der Waals surface area contributed by atoms with Crippen LogP contribution < -0.4 is 0 Å². The highest BCUT2D eigenvalue weighted by Crippen LogP contribution is 2.30. The van der Waals surface area contributed by atoms with Crippen molar-refractivity contribution in [2.45, 2.75) is 12.7 Å². The van der Waals surface area contributed by atoms with Gasteiger partial charge in [-0.3, -0.25) is 0 Å². The van der Waals surface area contributed by atoms with Gasteiger partial charge in [-0.1, -0.05) is 19.1 Å².